The van der Waals surface area contributed by atoms with Crippen molar-refractivity contribution < 1.29 is 14.7 Å². The Bertz CT molecular complexity index is 279. The first-order chi connectivity index (χ1) is 6.65. The molecule has 0 saturated carbocycles. The minimum Gasteiger partial charge on any atom is -0.481 e. The Morgan fingerprint density at radius 1 is 1.50 bits per heavy atom. The third-order valence-electron chi connectivity index (χ3n) is 3.32. The van der Waals surface area contributed by atoms with E-state index in [0.717, 1.165) is 6.54 Å². The topological polar surface area (TPSA) is 78.4 Å². The summed E-state index contributed by atoms with van der Waals surface area (Å²) in [5, 5.41) is 15.1. The first-order valence-corrected chi connectivity index (χ1v) is 4.89. The number of hydrogen-bond acceptors (Lipinski definition) is 3. The van der Waals surface area contributed by atoms with E-state index in [1.54, 1.807) is 0 Å². The van der Waals surface area contributed by atoms with Gasteiger partial charge in [0, 0.05) is 13.0 Å². The second kappa shape index (κ2) is 3.24. The van der Waals surface area contributed by atoms with Gasteiger partial charge in [0.05, 0.1) is 11.5 Å². The number of amides is 1. The van der Waals surface area contributed by atoms with Crippen LogP contribution in [0.25, 0.3) is 0 Å². The number of carbonyl (C=O) groups excluding carboxylic acids is 1. The number of carboxylic acid groups (broad SMARTS) is 1. The Morgan fingerprint density at radius 3 is 3.00 bits per heavy atom. The van der Waals surface area contributed by atoms with Gasteiger partial charge in [-0.3, -0.25) is 9.59 Å². The lowest BCUT2D eigenvalue weighted by Crippen LogP contribution is -2.63. The average Bonchev–Trinajstić information content (AvgIpc) is 2.17. The van der Waals surface area contributed by atoms with Gasteiger partial charge in [0.25, 0.3) is 0 Å². The van der Waals surface area contributed by atoms with Crippen LogP contribution in [0.1, 0.15) is 19.3 Å². The number of hydrogen-bond donors (Lipinski definition) is 3. The molecule has 0 aromatic heterocycles. The molecule has 78 valence electrons. The number of carboxylic acids is 1. The first kappa shape index (κ1) is 9.45. The minimum atomic E-state index is -0.774. The van der Waals surface area contributed by atoms with Crippen LogP contribution in [-0.4, -0.2) is 36.1 Å². The highest BCUT2D eigenvalue weighted by Gasteiger charge is 2.50. The predicted octanol–water partition coefficient (Wildman–Crippen LogP) is -0.671. The highest BCUT2D eigenvalue weighted by atomic mass is 16.4. The van der Waals surface area contributed by atoms with Gasteiger partial charge in [-0.05, 0) is 19.4 Å². The maximum atomic E-state index is 11.2. The van der Waals surface area contributed by atoms with Crippen LogP contribution >= 0.6 is 0 Å². The number of fused-ring (bicyclic) bond motifs is 1. The Hall–Kier alpha value is -1.10. The number of piperidine rings is 2. The molecular weight excluding hydrogens is 184 g/mol. The number of carbonyl (C=O) groups is 2. The molecule has 2 unspecified atom stereocenters. The smallest absolute Gasteiger partial charge is 0.311 e. The average molecular weight is 198 g/mol. The highest BCUT2D eigenvalue weighted by molar-refractivity contribution is 5.83. The molecule has 5 nitrogen and oxygen atoms in total. The van der Waals surface area contributed by atoms with E-state index in [9.17, 15) is 14.7 Å². The van der Waals surface area contributed by atoms with Crippen molar-refractivity contribution in [2.75, 3.05) is 13.1 Å². The van der Waals surface area contributed by atoms with E-state index >= 15 is 0 Å². The van der Waals surface area contributed by atoms with E-state index in [1.807, 2.05) is 0 Å². The van der Waals surface area contributed by atoms with Gasteiger partial charge in [0.1, 0.15) is 0 Å². The standard InChI is InChI=1S/C9H14N2O3/c12-7-1-2-9(8(13)14)3-4-10-5-6(9)11-7/h6,10H,1-5H2,(H,11,12)(H,13,14). The number of aliphatic carboxylic acids is 1. The second-order valence-corrected chi connectivity index (χ2v) is 4.04. The number of nitrogens with one attached hydrogen (secondary N) is 2. The van der Waals surface area contributed by atoms with Crippen molar-refractivity contribution in [2.24, 2.45) is 5.41 Å². The van der Waals surface area contributed by atoms with Crippen molar-refractivity contribution in [3.8, 4) is 0 Å². The van der Waals surface area contributed by atoms with Crippen LogP contribution in [0.15, 0.2) is 0 Å². The van der Waals surface area contributed by atoms with E-state index in [2.05, 4.69) is 10.6 Å². The lowest BCUT2D eigenvalue weighted by atomic mass is 9.69. The molecule has 2 saturated heterocycles. The van der Waals surface area contributed by atoms with Crippen LogP contribution in [-0.2, 0) is 9.59 Å². The summed E-state index contributed by atoms with van der Waals surface area (Å²) in [5.41, 5.74) is -0.723. The van der Waals surface area contributed by atoms with Crippen LogP contribution in [0.4, 0.5) is 0 Å². The molecule has 2 fully saturated rings. The molecule has 2 rings (SSSR count). The predicted molar refractivity (Wildman–Crippen MR) is 48.7 cm³/mol. The van der Waals surface area contributed by atoms with Crippen LogP contribution in [0, 0.1) is 5.41 Å². The first-order valence-electron chi connectivity index (χ1n) is 4.89. The zero-order chi connectivity index (χ0) is 10.2. The van der Waals surface area contributed by atoms with Gasteiger partial charge >= 0.3 is 5.97 Å². The molecule has 0 bridgehead atoms. The second-order valence-electron chi connectivity index (χ2n) is 4.04. The van der Waals surface area contributed by atoms with Gasteiger partial charge < -0.3 is 15.7 Å². The summed E-state index contributed by atoms with van der Waals surface area (Å²) in [6.07, 6.45) is 1.41. The van der Waals surface area contributed by atoms with Crippen LogP contribution < -0.4 is 10.6 Å². The summed E-state index contributed by atoms with van der Waals surface area (Å²) in [5.74, 6) is -0.806. The zero-order valence-corrected chi connectivity index (χ0v) is 7.88. The van der Waals surface area contributed by atoms with E-state index in [1.165, 1.54) is 0 Å². The Morgan fingerprint density at radius 2 is 2.29 bits per heavy atom. The Labute approximate surface area is 81.9 Å². The summed E-state index contributed by atoms with van der Waals surface area (Å²) >= 11 is 0. The molecule has 2 atom stereocenters. The van der Waals surface area contributed by atoms with Crippen LogP contribution in [0.5, 0.6) is 0 Å². The fourth-order valence-electron chi connectivity index (χ4n) is 2.38. The van der Waals surface area contributed by atoms with Crippen molar-refractivity contribution in [1.29, 1.82) is 0 Å². The molecule has 0 radical (unpaired) electrons. The quantitative estimate of drug-likeness (QED) is 0.522. The van der Waals surface area contributed by atoms with Gasteiger partial charge in [-0.2, -0.15) is 0 Å². The van der Waals surface area contributed by atoms with Crippen molar-refractivity contribution in [3.63, 3.8) is 0 Å². The summed E-state index contributed by atoms with van der Waals surface area (Å²) < 4.78 is 0. The number of rotatable bonds is 1. The molecule has 14 heavy (non-hydrogen) atoms. The molecule has 0 spiro atoms. The van der Waals surface area contributed by atoms with Crippen molar-refractivity contribution in [3.05, 3.63) is 0 Å². The monoisotopic (exact) mass is 198 g/mol. The molecule has 5 heteroatoms. The lowest BCUT2D eigenvalue weighted by molar-refractivity contribution is -0.156. The Kier molecular flexibility index (Phi) is 2.19. The third kappa shape index (κ3) is 1.28. The lowest BCUT2D eigenvalue weighted by Gasteiger charge is -2.44. The van der Waals surface area contributed by atoms with Crippen LogP contribution in [0.2, 0.25) is 0 Å². The van der Waals surface area contributed by atoms with Gasteiger partial charge in [0.15, 0.2) is 0 Å². The van der Waals surface area contributed by atoms with E-state index in [-0.39, 0.29) is 11.9 Å². The van der Waals surface area contributed by atoms with Gasteiger partial charge in [-0.15, -0.1) is 0 Å². The van der Waals surface area contributed by atoms with E-state index in [4.69, 9.17) is 0 Å². The summed E-state index contributed by atoms with van der Waals surface area (Å²) in [4.78, 5) is 22.4. The summed E-state index contributed by atoms with van der Waals surface area (Å²) in [7, 11) is 0. The van der Waals surface area contributed by atoms with Crippen molar-refractivity contribution in [1.82, 2.24) is 10.6 Å². The molecular formula is C9H14N2O3. The molecule has 0 aromatic rings. The third-order valence-corrected chi connectivity index (χ3v) is 3.32. The zero-order valence-electron chi connectivity index (χ0n) is 7.88. The van der Waals surface area contributed by atoms with Gasteiger partial charge in [-0.25, -0.2) is 0 Å². The molecule has 0 aromatic carbocycles. The highest BCUT2D eigenvalue weighted by Crippen LogP contribution is 2.37. The SMILES string of the molecule is O=C1CCC2(C(=O)O)CCNCC2N1. The minimum absolute atomic E-state index is 0.0319. The summed E-state index contributed by atoms with van der Waals surface area (Å²) in [6.45, 7) is 1.29. The Balaban J connectivity index is 2.24. The largest absolute Gasteiger partial charge is 0.481 e. The summed E-state index contributed by atoms with van der Waals surface area (Å²) in [6, 6.07) is -0.241. The van der Waals surface area contributed by atoms with Gasteiger partial charge in [-0.1, -0.05) is 0 Å². The van der Waals surface area contributed by atoms with Crippen molar-refractivity contribution >= 4 is 11.9 Å². The molecule has 2 heterocycles. The normalized spacial score (nSPS) is 37.1. The maximum absolute atomic E-state index is 11.2. The molecule has 3 N–H and O–H groups in total. The van der Waals surface area contributed by atoms with Gasteiger partial charge in [0.2, 0.25) is 5.91 Å². The fourth-order valence-corrected chi connectivity index (χ4v) is 2.38. The van der Waals surface area contributed by atoms with Crippen molar-refractivity contribution in [2.45, 2.75) is 25.3 Å². The van der Waals surface area contributed by atoms with E-state index < -0.39 is 11.4 Å². The molecule has 2 aliphatic rings. The molecule has 2 aliphatic heterocycles. The maximum Gasteiger partial charge on any atom is 0.311 e. The van der Waals surface area contributed by atoms with Crippen LogP contribution in [0.3, 0.4) is 0 Å². The molecule has 0 aliphatic carbocycles. The molecule has 1 amide bonds. The van der Waals surface area contributed by atoms with E-state index in [0.29, 0.717) is 25.8 Å². The fraction of sp³-hybridized carbons (Fsp3) is 0.778.